The van der Waals surface area contributed by atoms with E-state index in [4.69, 9.17) is 18.9 Å². The van der Waals surface area contributed by atoms with Gasteiger partial charge in [0.15, 0.2) is 23.1 Å². The van der Waals surface area contributed by atoms with Crippen molar-refractivity contribution >= 4 is 17.0 Å². The summed E-state index contributed by atoms with van der Waals surface area (Å²) in [6.07, 6.45) is 3.40. The van der Waals surface area contributed by atoms with Gasteiger partial charge in [-0.15, -0.1) is 0 Å². The second-order valence-corrected chi connectivity index (χ2v) is 11.0. The maximum atomic E-state index is 14.4. The predicted molar refractivity (Wildman–Crippen MR) is 153 cm³/mol. The Balaban J connectivity index is 1.06. The number of hydrogen-bond acceptors (Lipinski definition) is 6. The van der Waals surface area contributed by atoms with Crippen LogP contribution in [0.2, 0.25) is 0 Å². The fraction of sp³-hybridized carbons (Fsp3) is 0.333. The maximum absolute atomic E-state index is 14.4. The normalized spacial score (nSPS) is 19.7. The first-order valence-corrected chi connectivity index (χ1v) is 14.0. The molecule has 2 aliphatic rings. The molecule has 2 heterocycles. The van der Waals surface area contributed by atoms with Crippen molar-refractivity contribution in [2.75, 3.05) is 26.8 Å². The van der Waals surface area contributed by atoms with Crippen LogP contribution in [-0.4, -0.2) is 42.8 Å². The van der Waals surface area contributed by atoms with Gasteiger partial charge in [-0.2, -0.15) is 0 Å². The van der Waals surface area contributed by atoms with Gasteiger partial charge < -0.3 is 23.8 Å². The molecule has 1 saturated carbocycles. The number of aromatic nitrogens is 1. The second kappa shape index (κ2) is 11.6. The zero-order chi connectivity index (χ0) is 28.3. The first kappa shape index (κ1) is 26.9. The summed E-state index contributed by atoms with van der Waals surface area (Å²) in [5.41, 5.74) is 2.47. The predicted octanol–water partition coefficient (Wildman–Crippen LogP) is 7.16. The molecule has 1 aliphatic heterocycles. The topological polar surface area (TPSA) is 70.1 Å². The van der Waals surface area contributed by atoms with E-state index in [1.54, 1.807) is 31.5 Å². The van der Waals surface area contributed by atoms with Crippen molar-refractivity contribution in [3.05, 3.63) is 89.9 Å². The van der Waals surface area contributed by atoms with Crippen LogP contribution in [0.25, 0.3) is 10.9 Å². The molecular formula is C33H33FN2O5. The van der Waals surface area contributed by atoms with Crippen LogP contribution >= 0.6 is 0 Å². The number of amides is 1. The number of carbonyl (C=O) groups excluding carboxylic acids is 1. The first-order valence-electron chi connectivity index (χ1n) is 14.0. The molecule has 0 radical (unpaired) electrons. The molecule has 212 valence electrons. The molecule has 2 unspecified atom stereocenters. The van der Waals surface area contributed by atoms with E-state index in [1.807, 2.05) is 54.3 Å². The molecule has 1 amide bonds. The van der Waals surface area contributed by atoms with Gasteiger partial charge in [0, 0.05) is 30.7 Å². The lowest BCUT2D eigenvalue weighted by Crippen LogP contribution is -2.30. The smallest absolute Gasteiger partial charge is 0.410 e. The van der Waals surface area contributed by atoms with Crippen LogP contribution in [0.5, 0.6) is 23.0 Å². The number of aryl methyl sites for hydroxylation is 1. The average Bonchev–Trinajstić information content (AvgIpc) is 3.56. The van der Waals surface area contributed by atoms with Gasteiger partial charge in [0.25, 0.3) is 0 Å². The number of nitrogens with zero attached hydrogens (tertiary/aromatic N) is 2. The number of carbonyl (C=O) groups is 1. The highest BCUT2D eigenvalue weighted by Crippen LogP contribution is 2.43. The Morgan fingerprint density at radius 1 is 0.951 bits per heavy atom. The third-order valence-corrected chi connectivity index (χ3v) is 8.08. The number of likely N-dealkylation sites (tertiary alicyclic amines) is 1. The number of rotatable bonds is 8. The van der Waals surface area contributed by atoms with Gasteiger partial charge in [-0.1, -0.05) is 36.4 Å². The molecule has 2 atom stereocenters. The molecule has 41 heavy (non-hydrogen) atoms. The van der Waals surface area contributed by atoms with Crippen molar-refractivity contribution in [3.63, 3.8) is 0 Å². The third kappa shape index (κ3) is 5.92. The Bertz CT molecular complexity index is 1530. The van der Waals surface area contributed by atoms with Crippen molar-refractivity contribution in [2.45, 2.75) is 26.4 Å². The van der Waals surface area contributed by atoms with E-state index in [2.05, 4.69) is 4.98 Å². The van der Waals surface area contributed by atoms with Gasteiger partial charge in [-0.3, -0.25) is 4.98 Å². The van der Waals surface area contributed by atoms with Crippen molar-refractivity contribution in [3.8, 4) is 23.0 Å². The van der Waals surface area contributed by atoms with Crippen molar-refractivity contribution in [2.24, 2.45) is 17.8 Å². The summed E-state index contributed by atoms with van der Waals surface area (Å²) >= 11 is 0. The minimum atomic E-state index is -0.421. The standard InChI is InChI=1S/C33H33FN2O5/c1-21-8-9-30(27(34)12-21)41-29-10-11-35-28-16-32(31(38-2)15-26(28)29)39-20-23-13-24-17-36(18-25(24)14-23)33(37)40-19-22-6-4-3-5-7-22/h3-12,15-16,23-25H,13-14,17-20H2,1-2H3. The highest BCUT2D eigenvalue weighted by atomic mass is 19.1. The highest BCUT2D eigenvalue weighted by Gasteiger charge is 2.43. The zero-order valence-corrected chi connectivity index (χ0v) is 23.2. The summed E-state index contributed by atoms with van der Waals surface area (Å²) in [5.74, 6) is 2.68. The summed E-state index contributed by atoms with van der Waals surface area (Å²) in [5, 5.41) is 0.700. The van der Waals surface area contributed by atoms with Gasteiger partial charge in [0.05, 0.1) is 19.2 Å². The lowest BCUT2D eigenvalue weighted by molar-refractivity contribution is 0.100. The summed E-state index contributed by atoms with van der Waals surface area (Å²) in [6.45, 7) is 4.13. The summed E-state index contributed by atoms with van der Waals surface area (Å²) in [7, 11) is 1.59. The van der Waals surface area contributed by atoms with Crippen LogP contribution in [-0.2, 0) is 11.3 Å². The Kier molecular flexibility index (Phi) is 7.63. The summed E-state index contributed by atoms with van der Waals surface area (Å²) in [6, 6.07) is 20.0. The number of methoxy groups -OCH3 is 1. The van der Waals surface area contributed by atoms with Crippen molar-refractivity contribution in [1.82, 2.24) is 9.88 Å². The molecule has 0 bridgehead atoms. The summed E-state index contributed by atoms with van der Waals surface area (Å²) < 4.78 is 37.8. The average molecular weight is 557 g/mol. The van der Waals surface area contributed by atoms with E-state index >= 15 is 0 Å². The van der Waals surface area contributed by atoms with E-state index in [0.717, 1.165) is 37.1 Å². The molecule has 3 aromatic carbocycles. The second-order valence-electron chi connectivity index (χ2n) is 11.0. The molecular weight excluding hydrogens is 523 g/mol. The largest absolute Gasteiger partial charge is 0.493 e. The van der Waals surface area contributed by atoms with Crippen LogP contribution in [0.1, 0.15) is 24.0 Å². The number of benzene rings is 3. The van der Waals surface area contributed by atoms with Gasteiger partial charge >= 0.3 is 6.09 Å². The third-order valence-electron chi connectivity index (χ3n) is 8.08. The molecule has 1 aliphatic carbocycles. The molecule has 6 rings (SSSR count). The van der Waals surface area contributed by atoms with Crippen molar-refractivity contribution in [1.29, 1.82) is 0 Å². The first-order chi connectivity index (χ1) is 20.0. The van der Waals surface area contributed by atoms with Gasteiger partial charge in [0.1, 0.15) is 12.4 Å². The van der Waals surface area contributed by atoms with Crippen LogP contribution in [0.4, 0.5) is 9.18 Å². The van der Waals surface area contributed by atoms with E-state index in [0.29, 0.717) is 59.1 Å². The van der Waals surface area contributed by atoms with Crippen molar-refractivity contribution < 1.29 is 28.1 Å². The SMILES string of the molecule is COc1cc2c(Oc3ccc(C)cc3F)ccnc2cc1OCC1CC2CN(C(=O)OCc3ccccc3)CC2C1. The fourth-order valence-corrected chi connectivity index (χ4v) is 6.03. The van der Waals surface area contributed by atoms with E-state index in [-0.39, 0.29) is 11.8 Å². The molecule has 0 N–H and O–H groups in total. The zero-order valence-electron chi connectivity index (χ0n) is 23.2. The minimum absolute atomic E-state index is 0.150. The Hall–Kier alpha value is -4.33. The number of hydrogen-bond donors (Lipinski definition) is 0. The number of fused-ring (bicyclic) bond motifs is 2. The lowest BCUT2D eigenvalue weighted by atomic mass is 10.0. The lowest BCUT2D eigenvalue weighted by Gasteiger charge is -2.20. The van der Waals surface area contributed by atoms with Crippen LogP contribution < -0.4 is 14.2 Å². The molecule has 2 fully saturated rings. The van der Waals surface area contributed by atoms with Crippen LogP contribution in [0, 0.1) is 30.5 Å². The fourth-order valence-electron chi connectivity index (χ4n) is 6.03. The van der Waals surface area contributed by atoms with Crippen LogP contribution in [0.3, 0.4) is 0 Å². The number of ether oxygens (including phenoxy) is 4. The Morgan fingerprint density at radius 2 is 1.73 bits per heavy atom. The Morgan fingerprint density at radius 3 is 2.46 bits per heavy atom. The van der Waals surface area contributed by atoms with Crippen LogP contribution in [0.15, 0.2) is 72.9 Å². The van der Waals surface area contributed by atoms with E-state index < -0.39 is 5.82 Å². The van der Waals surface area contributed by atoms with Gasteiger partial charge in [-0.05, 0) is 72.9 Å². The number of pyridine rings is 1. The molecule has 8 heteroatoms. The van der Waals surface area contributed by atoms with E-state index in [1.165, 1.54) is 6.07 Å². The summed E-state index contributed by atoms with van der Waals surface area (Å²) in [4.78, 5) is 18.9. The minimum Gasteiger partial charge on any atom is -0.493 e. The number of halogens is 1. The monoisotopic (exact) mass is 556 g/mol. The molecule has 1 saturated heterocycles. The molecule has 0 spiro atoms. The molecule has 4 aromatic rings. The Labute approximate surface area is 238 Å². The highest BCUT2D eigenvalue weighted by molar-refractivity contribution is 5.88. The maximum Gasteiger partial charge on any atom is 0.410 e. The molecule has 1 aromatic heterocycles. The molecule has 7 nitrogen and oxygen atoms in total. The van der Waals surface area contributed by atoms with E-state index in [9.17, 15) is 9.18 Å². The quantitative estimate of drug-likeness (QED) is 0.229. The van der Waals surface area contributed by atoms with Gasteiger partial charge in [0.2, 0.25) is 0 Å². The van der Waals surface area contributed by atoms with Gasteiger partial charge in [-0.25, -0.2) is 9.18 Å².